The summed E-state index contributed by atoms with van der Waals surface area (Å²) in [7, 11) is -3.22. The maximum atomic E-state index is 14.1. The zero-order valence-electron chi connectivity index (χ0n) is 14.4. The lowest BCUT2D eigenvalue weighted by Gasteiger charge is -2.29. The molecule has 0 spiro atoms. The van der Waals surface area contributed by atoms with Crippen molar-refractivity contribution in [2.24, 2.45) is 5.92 Å². The quantitative estimate of drug-likeness (QED) is 0.882. The number of sulfonamides is 1. The molecule has 0 bridgehead atoms. The Morgan fingerprint density at radius 1 is 1.16 bits per heavy atom. The van der Waals surface area contributed by atoms with Crippen LogP contribution in [0.25, 0.3) is 0 Å². The van der Waals surface area contributed by atoms with E-state index in [1.165, 1.54) is 16.6 Å². The topological polar surface area (TPSA) is 69.7 Å². The number of amides is 1. The van der Waals surface area contributed by atoms with Gasteiger partial charge in [0.1, 0.15) is 5.82 Å². The Balaban J connectivity index is 1.64. The minimum atomic E-state index is -3.22. The Bertz CT molecular complexity index is 740. The number of hydrogen-bond donors (Lipinski definition) is 1. The molecule has 6 nitrogen and oxygen atoms in total. The summed E-state index contributed by atoms with van der Waals surface area (Å²) in [6.07, 6.45) is 4.32. The Morgan fingerprint density at radius 2 is 1.80 bits per heavy atom. The molecule has 0 aliphatic carbocycles. The van der Waals surface area contributed by atoms with Crippen LogP contribution in [-0.2, 0) is 14.8 Å². The fourth-order valence-electron chi connectivity index (χ4n) is 3.47. The van der Waals surface area contributed by atoms with Crippen LogP contribution in [0.3, 0.4) is 0 Å². The normalized spacial score (nSPS) is 20.0. The maximum Gasteiger partial charge on any atom is 0.227 e. The van der Waals surface area contributed by atoms with E-state index in [9.17, 15) is 17.6 Å². The molecule has 1 aromatic rings. The number of carbonyl (C=O) groups is 1. The highest BCUT2D eigenvalue weighted by molar-refractivity contribution is 7.88. The lowest BCUT2D eigenvalue weighted by molar-refractivity contribution is -0.120. The van der Waals surface area contributed by atoms with Crippen molar-refractivity contribution in [3.63, 3.8) is 0 Å². The van der Waals surface area contributed by atoms with E-state index in [-0.39, 0.29) is 17.5 Å². The summed E-state index contributed by atoms with van der Waals surface area (Å²) >= 11 is 0. The molecular weight excluding hydrogens is 345 g/mol. The molecule has 25 heavy (non-hydrogen) atoms. The Labute approximate surface area is 148 Å². The van der Waals surface area contributed by atoms with Gasteiger partial charge >= 0.3 is 0 Å². The number of rotatable bonds is 4. The van der Waals surface area contributed by atoms with E-state index in [4.69, 9.17) is 0 Å². The highest BCUT2D eigenvalue weighted by atomic mass is 32.2. The van der Waals surface area contributed by atoms with Crippen LogP contribution in [0.4, 0.5) is 15.8 Å². The first-order valence-corrected chi connectivity index (χ1v) is 10.5. The second-order valence-corrected chi connectivity index (χ2v) is 8.77. The molecule has 2 aliphatic rings. The van der Waals surface area contributed by atoms with Crippen LogP contribution in [0.2, 0.25) is 0 Å². The van der Waals surface area contributed by atoms with Crippen LogP contribution in [0, 0.1) is 11.7 Å². The molecule has 2 saturated heterocycles. The number of benzene rings is 1. The second-order valence-electron chi connectivity index (χ2n) is 6.78. The van der Waals surface area contributed by atoms with Gasteiger partial charge < -0.3 is 10.2 Å². The van der Waals surface area contributed by atoms with Gasteiger partial charge in [0.05, 0.1) is 11.9 Å². The smallest absolute Gasteiger partial charge is 0.227 e. The summed E-state index contributed by atoms with van der Waals surface area (Å²) in [5.41, 5.74) is 1.11. The van der Waals surface area contributed by atoms with Crippen molar-refractivity contribution in [2.75, 3.05) is 42.7 Å². The molecule has 2 heterocycles. The maximum absolute atomic E-state index is 14.1. The summed E-state index contributed by atoms with van der Waals surface area (Å²) in [6.45, 7) is 2.55. The Hall–Kier alpha value is -1.67. The number of nitrogens with one attached hydrogen (secondary N) is 1. The highest BCUT2D eigenvalue weighted by Gasteiger charge is 2.29. The fraction of sp³-hybridized carbons (Fsp3) is 0.588. The van der Waals surface area contributed by atoms with E-state index >= 15 is 0 Å². The minimum Gasteiger partial charge on any atom is -0.371 e. The summed E-state index contributed by atoms with van der Waals surface area (Å²) in [5, 5.41) is 2.69. The van der Waals surface area contributed by atoms with E-state index in [0.717, 1.165) is 31.6 Å². The van der Waals surface area contributed by atoms with Crippen molar-refractivity contribution in [2.45, 2.75) is 25.7 Å². The van der Waals surface area contributed by atoms with Gasteiger partial charge in [0, 0.05) is 37.8 Å². The van der Waals surface area contributed by atoms with Crippen LogP contribution in [0.15, 0.2) is 18.2 Å². The average molecular weight is 369 g/mol. The lowest BCUT2D eigenvalue weighted by Crippen LogP contribution is -2.41. The molecule has 0 aromatic heterocycles. The number of hydrogen-bond acceptors (Lipinski definition) is 4. The zero-order chi connectivity index (χ0) is 18.0. The third-order valence-corrected chi connectivity index (χ3v) is 6.28. The van der Waals surface area contributed by atoms with Gasteiger partial charge in [-0.15, -0.1) is 0 Å². The van der Waals surface area contributed by atoms with Gasteiger partial charge in [0.2, 0.25) is 15.9 Å². The molecule has 3 rings (SSSR count). The predicted molar refractivity (Wildman–Crippen MR) is 95.6 cm³/mol. The molecule has 0 unspecified atom stereocenters. The molecule has 0 atom stereocenters. The predicted octanol–water partition coefficient (Wildman–Crippen LogP) is 2.04. The van der Waals surface area contributed by atoms with E-state index in [1.807, 2.05) is 0 Å². The zero-order valence-corrected chi connectivity index (χ0v) is 15.2. The van der Waals surface area contributed by atoms with Gasteiger partial charge in [-0.3, -0.25) is 4.79 Å². The second kappa shape index (κ2) is 7.29. The third-order valence-electron chi connectivity index (χ3n) is 4.97. The van der Waals surface area contributed by atoms with Gasteiger partial charge in [-0.05, 0) is 43.9 Å². The summed E-state index contributed by atoms with van der Waals surface area (Å²) in [6, 6.07) is 4.81. The van der Waals surface area contributed by atoms with Crippen molar-refractivity contribution in [3.8, 4) is 0 Å². The SMILES string of the molecule is CS(=O)(=O)N1CCC(C(=O)Nc2cc(N3CCCC3)ccc2F)CC1. The van der Waals surface area contributed by atoms with Crippen LogP contribution in [0.1, 0.15) is 25.7 Å². The first kappa shape index (κ1) is 18.1. The largest absolute Gasteiger partial charge is 0.371 e. The Kier molecular flexibility index (Phi) is 5.29. The standard InChI is InChI=1S/C17H24FN3O3S/c1-25(23,24)21-10-6-13(7-11-21)17(22)19-16-12-14(4-5-15(16)18)20-8-2-3-9-20/h4-5,12-13H,2-3,6-11H2,1H3,(H,19,22). The number of carbonyl (C=O) groups excluding carboxylic acids is 1. The first-order valence-electron chi connectivity index (χ1n) is 8.65. The first-order chi connectivity index (χ1) is 11.8. The molecule has 1 amide bonds. The van der Waals surface area contributed by atoms with Crippen LogP contribution < -0.4 is 10.2 Å². The van der Waals surface area contributed by atoms with E-state index in [2.05, 4.69) is 10.2 Å². The van der Waals surface area contributed by atoms with Crippen molar-refractivity contribution < 1.29 is 17.6 Å². The van der Waals surface area contributed by atoms with E-state index < -0.39 is 15.8 Å². The van der Waals surface area contributed by atoms with Crippen LogP contribution in [0.5, 0.6) is 0 Å². The molecule has 2 fully saturated rings. The van der Waals surface area contributed by atoms with Crippen molar-refractivity contribution in [1.29, 1.82) is 0 Å². The van der Waals surface area contributed by atoms with Crippen LogP contribution >= 0.6 is 0 Å². The molecule has 0 radical (unpaired) electrons. The molecule has 2 aliphatic heterocycles. The molecule has 1 N–H and O–H groups in total. The fourth-order valence-corrected chi connectivity index (χ4v) is 4.34. The van der Waals surface area contributed by atoms with Crippen molar-refractivity contribution in [1.82, 2.24) is 4.31 Å². The molecule has 0 saturated carbocycles. The van der Waals surface area contributed by atoms with Gasteiger partial charge in [-0.1, -0.05) is 0 Å². The minimum absolute atomic E-state index is 0.194. The van der Waals surface area contributed by atoms with Crippen LogP contribution in [-0.4, -0.2) is 51.1 Å². The van der Waals surface area contributed by atoms with Crippen molar-refractivity contribution >= 4 is 27.3 Å². The lowest BCUT2D eigenvalue weighted by atomic mass is 9.97. The Morgan fingerprint density at radius 3 is 2.40 bits per heavy atom. The summed E-state index contributed by atoms with van der Waals surface area (Å²) < 4.78 is 38.5. The molecule has 8 heteroatoms. The molecular formula is C17H24FN3O3S. The van der Waals surface area contributed by atoms with Gasteiger partial charge in [0.15, 0.2) is 0 Å². The summed E-state index contributed by atoms with van der Waals surface area (Å²) in [5.74, 6) is -0.997. The van der Waals surface area contributed by atoms with Gasteiger partial charge in [0.25, 0.3) is 0 Å². The van der Waals surface area contributed by atoms with Crippen molar-refractivity contribution in [3.05, 3.63) is 24.0 Å². The number of piperidine rings is 1. The van der Waals surface area contributed by atoms with E-state index in [0.29, 0.717) is 25.9 Å². The average Bonchev–Trinajstić information content (AvgIpc) is 3.10. The highest BCUT2D eigenvalue weighted by Crippen LogP contribution is 2.27. The number of halogens is 1. The summed E-state index contributed by atoms with van der Waals surface area (Å²) in [4.78, 5) is 14.6. The van der Waals surface area contributed by atoms with E-state index in [1.54, 1.807) is 12.1 Å². The molecule has 138 valence electrons. The number of nitrogens with zero attached hydrogens (tertiary/aromatic N) is 2. The van der Waals surface area contributed by atoms with Gasteiger partial charge in [-0.25, -0.2) is 17.1 Å². The van der Waals surface area contributed by atoms with Gasteiger partial charge in [-0.2, -0.15) is 0 Å². The monoisotopic (exact) mass is 369 g/mol. The third kappa shape index (κ3) is 4.30. The number of anilines is 2. The molecule has 1 aromatic carbocycles.